The van der Waals surface area contributed by atoms with Crippen molar-refractivity contribution >= 4 is 53.0 Å². The molecule has 0 aromatic heterocycles. The summed E-state index contributed by atoms with van der Waals surface area (Å²) in [7, 11) is 0. The van der Waals surface area contributed by atoms with Crippen molar-refractivity contribution in [2.75, 3.05) is 0 Å². The molecule has 2 rings (SSSR count). The summed E-state index contributed by atoms with van der Waals surface area (Å²) in [6.07, 6.45) is 0. The van der Waals surface area contributed by atoms with Crippen LogP contribution in [0.1, 0.15) is 0 Å². The predicted molar refractivity (Wildman–Crippen MR) is 58.3 cm³/mol. The summed E-state index contributed by atoms with van der Waals surface area (Å²) in [5, 5.41) is 2.47. The van der Waals surface area contributed by atoms with Gasteiger partial charge in [0.15, 0.2) is 0 Å². The molecule has 12 heavy (non-hydrogen) atoms. The molecular formula is C10H9NaS. The Hall–Kier alpha value is 0.0500. The van der Waals surface area contributed by atoms with Crippen molar-refractivity contribution in [2.45, 2.75) is 4.90 Å². The van der Waals surface area contributed by atoms with Crippen molar-refractivity contribution in [1.82, 2.24) is 0 Å². The number of fused-ring (bicyclic) bond motifs is 1. The molecule has 0 saturated heterocycles. The van der Waals surface area contributed by atoms with Crippen molar-refractivity contribution in [3.05, 3.63) is 42.5 Å². The Kier molecular flexibility index (Phi) is 3.66. The quantitative estimate of drug-likeness (QED) is 0.472. The number of thiol groups is 1. The maximum atomic E-state index is 4.35. The molecule has 0 saturated carbocycles. The van der Waals surface area contributed by atoms with Gasteiger partial charge in [0.2, 0.25) is 0 Å². The third kappa shape index (κ3) is 1.86. The second kappa shape index (κ2) is 4.33. The zero-order valence-electron chi connectivity index (χ0n) is 5.99. The van der Waals surface area contributed by atoms with Gasteiger partial charge in [0.1, 0.15) is 0 Å². The first kappa shape index (κ1) is 10.1. The van der Waals surface area contributed by atoms with Crippen LogP contribution in [0.25, 0.3) is 10.8 Å². The minimum atomic E-state index is 0. The summed E-state index contributed by atoms with van der Waals surface area (Å²) < 4.78 is 0. The van der Waals surface area contributed by atoms with Crippen molar-refractivity contribution in [2.24, 2.45) is 0 Å². The van der Waals surface area contributed by atoms with Gasteiger partial charge in [-0.25, -0.2) is 0 Å². The molecule has 56 valence electrons. The number of rotatable bonds is 0. The fourth-order valence-electron chi connectivity index (χ4n) is 1.21. The van der Waals surface area contributed by atoms with Gasteiger partial charge >= 0.3 is 29.6 Å². The van der Waals surface area contributed by atoms with Gasteiger partial charge < -0.3 is 0 Å². The number of hydrogen-bond donors (Lipinski definition) is 1. The van der Waals surface area contributed by atoms with Crippen LogP contribution < -0.4 is 0 Å². The second-order valence-corrected chi connectivity index (χ2v) is 2.98. The zero-order valence-corrected chi connectivity index (χ0v) is 6.88. The van der Waals surface area contributed by atoms with E-state index in [0.29, 0.717) is 0 Å². The summed E-state index contributed by atoms with van der Waals surface area (Å²) in [6, 6.07) is 14.4. The molecule has 0 aliphatic carbocycles. The first-order chi connectivity index (χ1) is 5.38. The van der Waals surface area contributed by atoms with Crippen LogP contribution in [0, 0.1) is 0 Å². The van der Waals surface area contributed by atoms with E-state index in [4.69, 9.17) is 0 Å². The summed E-state index contributed by atoms with van der Waals surface area (Å²) in [6.45, 7) is 0. The molecule has 0 heterocycles. The van der Waals surface area contributed by atoms with Crippen LogP contribution in [-0.4, -0.2) is 29.6 Å². The van der Waals surface area contributed by atoms with Crippen LogP contribution >= 0.6 is 12.6 Å². The predicted octanol–water partition coefficient (Wildman–Crippen LogP) is 2.48. The van der Waals surface area contributed by atoms with E-state index in [1.807, 2.05) is 24.3 Å². The van der Waals surface area contributed by atoms with Gasteiger partial charge in [-0.2, -0.15) is 0 Å². The molecule has 0 bridgehead atoms. The molecule has 0 nitrogen and oxygen atoms in total. The van der Waals surface area contributed by atoms with E-state index in [1.165, 1.54) is 10.8 Å². The summed E-state index contributed by atoms with van der Waals surface area (Å²) >= 11 is 4.35. The molecule has 0 amide bonds. The SMILES string of the molecule is Sc1cccc2ccccc12.[NaH]. The van der Waals surface area contributed by atoms with Crippen molar-refractivity contribution < 1.29 is 0 Å². The average molecular weight is 184 g/mol. The monoisotopic (exact) mass is 184 g/mol. The first-order valence-corrected chi connectivity index (χ1v) is 3.99. The molecule has 0 spiro atoms. The molecule has 2 aromatic rings. The summed E-state index contributed by atoms with van der Waals surface area (Å²) in [5.74, 6) is 0. The minimum absolute atomic E-state index is 0. The summed E-state index contributed by atoms with van der Waals surface area (Å²) in [4.78, 5) is 1.04. The van der Waals surface area contributed by atoms with E-state index >= 15 is 0 Å². The third-order valence-corrected chi connectivity index (χ3v) is 2.16. The maximum absolute atomic E-state index is 4.35. The Morgan fingerprint density at radius 1 is 0.833 bits per heavy atom. The van der Waals surface area contributed by atoms with Crippen molar-refractivity contribution in [1.29, 1.82) is 0 Å². The van der Waals surface area contributed by atoms with E-state index < -0.39 is 0 Å². The topological polar surface area (TPSA) is 0 Å². The van der Waals surface area contributed by atoms with Crippen LogP contribution in [0.5, 0.6) is 0 Å². The van der Waals surface area contributed by atoms with E-state index in [0.717, 1.165) is 4.90 Å². The Balaban J connectivity index is 0.000000720. The van der Waals surface area contributed by atoms with Crippen molar-refractivity contribution in [3.8, 4) is 0 Å². The Morgan fingerprint density at radius 3 is 2.25 bits per heavy atom. The first-order valence-electron chi connectivity index (χ1n) is 3.54. The second-order valence-electron chi connectivity index (χ2n) is 2.50. The van der Waals surface area contributed by atoms with Crippen molar-refractivity contribution in [3.63, 3.8) is 0 Å². The van der Waals surface area contributed by atoms with Crippen LogP contribution in [0.4, 0.5) is 0 Å². The van der Waals surface area contributed by atoms with Crippen LogP contribution in [0.2, 0.25) is 0 Å². The Labute approximate surface area is 99.7 Å². The number of hydrogen-bond acceptors (Lipinski definition) is 1. The Bertz CT molecular complexity index is 379. The van der Waals surface area contributed by atoms with Crippen LogP contribution in [0.3, 0.4) is 0 Å². The van der Waals surface area contributed by atoms with Gasteiger partial charge in [-0.3, -0.25) is 0 Å². The molecule has 0 radical (unpaired) electrons. The Morgan fingerprint density at radius 2 is 1.50 bits per heavy atom. The fraction of sp³-hybridized carbons (Fsp3) is 0. The van der Waals surface area contributed by atoms with E-state index in [9.17, 15) is 0 Å². The standard InChI is InChI=1S/C10H8S.Na.H/c11-10-7-3-5-8-4-1-2-6-9(8)10;;/h1-7,11H;;. The van der Waals surface area contributed by atoms with Gasteiger partial charge in [-0.1, -0.05) is 36.4 Å². The van der Waals surface area contributed by atoms with E-state index in [-0.39, 0.29) is 29.6 Å². The van der Waals surface area contributed by atoms with E-state index in [1.54, 1.807) is 0 Å². The molecule has 0 atom stereocenters. The van der Waals surface area contributed by atoms with Gasteiger partial charge in [-0.05, 0) is 16.8 Å². The van der Waals surface area contributed by atoms with Crippen LogP contribution in [-0.2, 0) is 0 Å². The van der Waals surface area contributed by atoms with Gasteiger partial charge in [0.25, 0.3) is 0 Å². The van der Waals surface area contributed by atoms with Gasteiger partial charge in [0, 0.05) is 4.90 Å². The van der Waals surface area contributed by atoms with E-state index in [2.05, 4.69) is 30.8 Å². The molecule has 0 unspecified atom stereocenters. The average Bonchev–Trinajstić information content (AvgIpc) is 2.06. The summed E-state index contributed by atoms with van der Waals surface area (Å²) in [5.41, 5.74) is 0. The van der Waals surface area contributed by atoms with Gasteiger partial charge in [0.05, 0.1) is 0 Å². The number of benzene rings is 2. The van der Waals surface area contributed by atoms with Gasteiger partial charge in [-0.15, -0.1) is 12.6 Å². The fourth-order valence-corrected chi connectivity index (χ4v) is 1.50. The molecule has 0 fully saturated rings. The molecule has 0 N–H and O–H groups in total. The normalized spacial score (nSPS) is 9.42. The zero-order chi connectivity index (χ0) is 7.68. The molecule has 2 heteroatoms. The molecule has 2 aromatic carbocycles. The molecule has 0 aliphatic rings. The third-order valence-electron chi connectivity index (χ3n) is 1.77. The molecular weight excluding hydrogens is 175 g/mol. The van der Waals surface area contributed by atoms with Crippen LogP contribution in [0.15, 0.2) is 47.4 Å². The molecule has 0 aliphatic heterocycles.